The molecule has 37 heavy (non-hydrogen) atoms. The molecule has 10 heteroatoms. The van der Waals surface area contributed by atoms with Crippen molar-refractivity contribution < 1.29 is 9.90 Å². The third-order valence-electron chi connectivity index (χ3n) is 5.61. The Hall–Kier alpha value is -0.710. The first kappa shape index (κ1) is 32.5. The van der Waals surface area contributed by atoms with E-state index in [1.165, 1.54) is 0 Å². The zero-order valence-electron chi connectivity index (χ0n) is 17.4. The van der Waals surface area contributed by atoms with Crippen molar-refractivity contribution in [2.24, 2.45) is 0 Å². The zero-order valence-corrected chi connectivity index (χ0v) is 17.4. The maximum absolute atomic E-state index is 11.2. The van der Waals surface area contributed by atoms with Gasteiger partial charge in [0.2, 0.25) is 0 Å². The van der Waals surface area contributed by atoms with Crippen LogP contribution in [0.2, 0.25) is 0 Å². The van der Waals surface area contributed by atoms with Crippen LogP contribution in [0.5, 0.6) is 0 Å². The van der Waals surface area contributed by atoms with Crippen LogP contribution in [-0.2, 0) is 0 Å². The number of hydrogen-bond donors (Lipinski definition) is 3. The van der Waals surface area contributed by atoms with Gasteiger partial charge in [-0.05, 0) is 84.5 Å². The van der Waals surface area contributed by atoms with Crippen molar-refractivity contribution in [2.45, 2.75) is 0 Å². The fraction of sp³-hybridized carbons (Fsp3) is 0. The fourth-order valence-corrected chi connectivity index (χ4v) is 4.05. The van der Waals surface area contributed by atoms with Crippen molar-refractivity contribution in [2.75, 3.05) is 0 Å². The van der Waals surface area contributed by atoms with Crippen LogP contribution in [0.3, 0.4) is 0 Å². The van der Waals surface area contributed by atoms with E-state index in [9.17, 15) is 9.90 Å². The standard InChI is InChI=1S/C27H18N4O2.4Na.4H/c32-27(33)17-3-1-16(2-4-17)25-14-24-13-22-8-7-20(29-22)11-18-5-6-19(28-18)12-21-9-10-23(30-21)15-26(25)31-24;;;;;;;;/h1-15,28,31H,(H,32,33);;;;;;;;. The first-order valence-corrected chi connectivity index (χ1v) is 10.5. The van der Waals surface area contributed by atoms with E-state index in [4.69, 9.17) is 9.97 Å². The van der Waals surface area contributed by atoms with Crippen LogP contribution in [0.15, 0.2) is 66.7 Å². The molecule has 6 rings (SSSR count). The molecule has 1 aromatic carbocycles. The van der Waals surface area contributed by atoms with Gasteiger partial charge in [-0.1, -0.05) is 12.1 Å². The Balaban J connectivity index is 0.00000120. The van der Waals surface area contributed by atoms with Crippen LogP contribution in [0, 0.1) is 0 Å². The Morgan fingerprint density at radius 3 is 1.59 bits per heavy atom. The molecule has 8 bridgehead atoms. The molecular weight excluding hydrogens is 504 g/mol. The van der Waals surface area contributed by atoms with E-state index in [1.54, 1.807) is 12.1 Å². The normalized spacial score (nSPS) is 10.9. The summed E-state index contributed by atoms with van der Waals surface area (Å²) in [5.41, 5.74) is 9.29. The number of nitrogens with one attached hydrogen (secondary N) is 2. The van der Waals surface area contributed by atoms with Crippen LogP contribution in [0.4, 0.5) is 0 Å². The summed E-state index contributed by atoms with van der Waals surface area (Å²) in [4.78, 5) is 27.5. The van der Waals surface area contributed by atoms with E-state index < -0.39 is 5.97 Å². The molecular formula is C27H22N4Na4O2. The Kier molecular flexibility index (Phi) is 12.4. The van der Waals surface area contributed by atoms with E-state index >= 15 is 0 Å². The number of carbonyl (C=O) groups is 1. The van der Waals surface area contributed by atoms with Crippen molar-refractivity contribution >= 4 is 171 Å². The Labute approximate surface area is 302 Å². The van der Waals surface area contributed by atoms with Gasteiger partial charge in [0.1, 0.15) is 0 Å². The van der Waals surface area contributed by atoms with Gasteiger partial charge in [0.25, 0.3) is 0 Å². The first-order chi connectivity index (χ1) is 16.1. The molecule has 5 heterocycles. The monoisotopic (exact) mass is 526 g/mol. The van der Waals surface area contributed by atoms with E-state index in [0.29, 0.717) is 0 Å². The second-order valence-electron chi connectivity index (χ2n) is 7.97. The number of carboxylic acid groups (broad SMARTS) is 1. The number of benzene rings is 1. The van der Waals surface area contributed by atoms with Crippen molar-refractivity contribution in [1.82, 2.24) is 19.9 Å². The van der Waals surface area contributed by atoms with Gasteiger partial charge in [0.05, 0.1) is 28.3 Å². The van der Waals surface area contributed by atoms with E-state index in [0.717, 1.165) is 56.0 Å². The van der Waals surface area contributed by atoms with Crippen LogP contribution < -0.4 is 0 Å². The molecule has 0 aliphatic carbocycles. The molecule has 3 aromatic heterocycles. The molecule has 3 N–H and O–H groups in total. The number of nitrogens with zero attached hydrogens (tertiary/aromatic N) is 2. The first-order valence-electron chi connectivity index (χ1n) is 10.5. The number of H-pyrrole nitrogens is 2. The molecule has 0 amide bonds. The third-order valence-corrected chi connectivity index (χ3v) is 5.61. The van der Waals surface area contributed by atoms with Gasteiger partial charge >= 0.3 is 124 Å². The summed E-state index contributed by atoms with van der Waals surface area (Å²) in [6.45, 7) is 0. The molecule has 0 atom stereocenters. The predicted molar refractivity (Wildman–Crippen MR) is 160 cm³/mol. The molecule has 0 fully saturated rings. The van der Waals surface area contributed by atoms with Gasteiger partial charge in [-0.15, -0.1) is 0 Å². The molecule has 0 radical (unpaired) electrons. The van der Waals surface area contributed by atoms with E-state index in [-0.39, 0.29) is 124 Å². The predicted octanol–water partition coefficient (Wildman–Crippen LogP) is 3.43. The topological polar surface area (TPSA) is 94.7 Å². The number of rotatable bonds is 2. The molecule has 0 spiro atoms. The molecule has 2 aliphatic heterocycles. The number of aromatic carboxylic acids is 1. The number of hydrogen-bond acceptors (Lipinski definition) is 3. The number of aromatic nitrogens is 4. The Morgan fingerprint density at radius 2 is 1.08 bits per heavy atom. The second-order valence-corrected chi connectivity index (χ2v) is 7.97. The van der Waals surface area contributed by atoms with Crippen LogP contribution in [0.1, 0.15) is 33.1 Å². The van der Waals surface area contributed by atoms with Gasteiger partial charge in [0.15, 0.2) is 0 Å². The quantitative estimate of drug-likeness (QED) is 0.302. The van der Waals surface area contributed by atoms with Gasteiger partial charge in [0, 0.05) is 27.6 Å². The van der Waals surface area contributed by atoms with Crippen LogP contribution in [-0.4, -0.2) is 149 Å². The molecule has 0 saturated heterocycles. The number of carboxylic acids is 1. The van der Waals surface area contributed by atoms with E-state index in [1.807, 2.05) is 78.9 Å². The summed E-state index contributed by atoms with van der Waals surface area (Å²) < 4.78 is 0. The van der Waals surface area contributed by atoms with Crippen molar-refractivity contribution in [1.29, 1.82) is 0 Å². The third kappa shape index (κ3) is 7.48. The molecule has 2 aliphatic rings. The summed E-state index contributed by atoms with van der Waals surface area (Å²) in [6, 6.07) is 21.0. The second kappa shape index (κ2) is 14.1. The molecule has 4 aromatic rings. The SMILES string of the molecule is O=C(O)c1ccc(-c2cc3cc4nc(cc5ccc(cc6nc(cc2[nH]3)C=C6)[nH]5)C=C4)cc1.[NaH].[NaH].[NaH].[NaH]. The van der Waals surface area contributed by atoms with Crippen molar-refractivity contribution in [3.05, 3.63) is 95.1 Å². The zero-order chi connectivity index (χ0) is 22.4. The Bertz CT molecular complexity index is 1650. The molecule has 0 saturated carbocycles. The number of fused-ring (bicyclic) bond motifs is 8. The fourth-order valence-electron chi connectivity index (χ4n) is 4.05. The van der Waals surface area contributed by atoms with Crippen molar-refractivity contribution in [3.8, 4) is 11.1 Å². The minimum absolute atomic E-state index is 0. The average molecular weight is 526 g/mol. The summed E-state index contributed by atoms with van der Waals surface area (Å²) in [5.74, 6) is -0.942. The summed E-state index contributed by atoms with van der Waals surface area (Å²) in [5, 5.41) is 9.23. The minimum atomic E-state index is -0.942. The molecule has 0 unspecified atom stereocenters. The molecule has 166 valence electrons. The van der Waals surface area contributed by atoms with Crippen LogP contribution >= 0.6 is 0 Å². The van der Waals surface area contributed by atoms with E-state index in [2.05, 4.69) is 9.97 Å². The van der Waals surface area contributed by atoms with Gasteiger partial charge in [-0.25, -0.2) is 14.8 Å². The number of aromatic amines is 2. The Morgan fingerprint density at radius 1 is 0.595 bits per heavy atom. The average Bonchev–Trinajstić information content (AvgIpc) is 3.59. The van der Waals surface area contributed by atoms with Gasteiger partial charge in [-0.2, -0.15) is 0 Å². The van der Waals surface area contributed by atoms with Crippen LogP contribution in [0.25, 0.3) is 57.5 Å². The summed E-state index contributed by atoms with van der Waals surface area (Å²) in [6.07, 6.45) is 7.93. The van der Waals surface area contributed by atoms with Crippen molar-refractivity contribution in [3.63, 3.8) is 0 Å². The summed E-state index contributed by atoms with van der Waals surface area (Å²) in [7, 11) is 0. The van der Waals surface area contributed by atoms with Gasteiger partial charge in [-0.3, -0.25) is 0 Å². The molecule has 6 nitrogen and oxygen atoms in total. The summed E-state index contributed by atoms with van der Waals surface area (Å²) >= 11 is 0. The maximum atomic E-state index is 11.2. The van der Waals surface area contributed by atoms with Gasteiger partial charge < -0.3 is 15.1 Å².